The van der Waals surface area contributed by atoms with Gasteiger partial charge in [-0.25, -0.2) is 13.2 Å². The molecule has 0 radical (unpaired) electrons. The molecular weight excluding hydrogens is 289 g/mol. The number of carbonyl (C=O) groups is 1. The van der Waals surface area contributed by atoms with Crippen molar-refractivity contribution in [1.82, 2.24) is 5.32 Å². The number of amides is 1. The molecule has 0 bridgehead atoms. The molecule has 0 unspecified atom stereocenters. The van der Waals surface area contributed by atoms with Crippen molar-refractivity contribution in [3.05, 3.63) is 28.8 Å². The van der Waals surface area contributed by atoms with Crippen LogP contribution in [-0.4, -0.2) is 37.1 Å². The van der Waals surface area contributed by atoms with E-state index in [-0.39, 0.29) is 0 Å². The lowest BCUT2D eigenvalue weighted by molar-refractivity contribution is 0.0881. The lowest BCUT2D eigenvalue weighted by atomic mass is 10.1. The van der Waals surface area contributed by atoms with Crippen LogP contribution in [0.1, 0.15) is 10.4 Å². The molecule has 0 aliphatic carbocycles. The van der Waals surface area contributed by atoms with Gasteiger partial charge >= 0.3 is 7.32 Å². The fourth-order valence-electron chi connectivity index (χ4n) is 1.28. The Hall–Kier alpha value is -1.85. The van der Waals surface area contributed by atoms with Gasteiger partial charge in [-0.05, 0) is 0 Å². The third kappa shape index (κ3) is 3.18. The summed E-state index contributed by atoms with van der Waals surface area (Å²) in [5.41, 5.74) is -1.22. The lowest BCUT2D eigenvalue weighted by Crippen LogP contribution is -2.32. The van der Waals surface area contributed by atoms with Gasteiger partial charge < -0.3 is 24.8 Å². The standard InChI is InChI=1S/C9H8BF4NO5/c1-19-8-3(9(16)15-2-20-10(17)18)4(11)5(12)6(13)7(8)14/h17-18H,2H2,1H3,(H,15,16). The molecule has 11 heteroatoms. The van der Waals surface area contributed by atoms with Gasteiger partial charge in [-0.3, -0.25) is 4.79 Å². The Morgan fingerprint density at radius 2 is 1.70 bits per heavy atom. The summed E-state index contributed by atoms with van der Waals surface area (Å²) in [6.07, 6.45) is 0. The first-order valence-electron chi connectivity index (χ1n) is 4.97. The molecule has 0 heterocycles. The second-order valence-electron chi connectivity index (χ2n) is 3.31. The van der Waals surface area contributed by atoms with E-state index in [1.807, 2.05) is 0 Å². The monoisotopic (exact) mass is 297 g/mol. The fourth-order valence-corrected chi connectivity index (χ4v) is 1.28. The molecule has 0 aromatic heterocycles. The summed E-state index contributed by atoms with van der Waals surface area (Å²) in [6.45, 7) is -0.806. The van der Waals surface area contributed by atoms with Crippen LogP contribution in [0.2, 0.25) is 0 Å². The summed E-state index contributed by atoms with van der Waals surface area (Å²) in [7, 11) is -1.40. The zero-order valence-corrected chi connectivity index (χ0v) is 9.92. The Morgan fingerprint density at radius 3 is 2.20 bits per heavy atom. The summed E-state index contributed by atoms with van der Waals surface area (Å²) >= 11 is 0. The number of methoxy groups -OCH3 is 1. The van der Waals surface area contributed by atoms with E-state index in [1.165, 1.54) is 0 Å². The van der Waals surface area contributed by atoms with Crippen LogP contribution < -0.4 is 10.1 Å². The van der Waals surface area contributed by atoms with Gasteiger partial charge in [0.05, 0.1) is 7.11 Å². The van der Waals surface area contributed by atoms with E-state index in [9.17, 15) is 22.4 Å². The second kappa shape index (κ2) is 6.54. The molecule has 0 fully saturated rings. The van der Waals surface area contributed by atoms with Crippen LogP contribution in [0.25, 0.3) is 0 Å². The van der Waals surface area contributed by atoms with Crippen molar-refractivity contribution in [2.75, 3.05) is 13.8 Å². The molecule has 1 aromatic rings. The van der Waals surface area contributed by atoms with Crippen LogP contribution >= 0.6 is 0 Å². The van der Waals surface area contributed by atoms with Crippen LogP contribution in [0.5, 0.6) is 5.75 Å². The van der Waals surface area contributed by atoms with Gasteiger partial charge in [-0.2, -0.15) is 4.39 Å². The number of ether oxygens (including phenoxy) is 1. The van der Waals surface area contributed by atoms with Crippen LogP contribution in [0, 0.1) is 23.3 Å². The maximum Gasteiger partial charge on any atom is 0.635 e. The quantitative estimate of drug-likeness (QED) is 0.233. The molecule has 0 aliphatic rings. The summed E-state index contributed by atoms with van der Waals surface area (Å²) in [4.78, 5) is 11.5. The van der Waals surface area contributed by atoms with Crippen molar-refractivity contribution in [2.45, 2.75) is 0 Å². The molecule has 1 amide bonds. The van der Waals surface area contributed by atoms with E-state index < -0.39 is 54.5 Å². The van der Waals surface area contributed by atoms with Crippen LogP contribution in [-0.2, 0) is 4.65 Å². The summed E-state index contributed by atoms with van der Waals surface area (Å²) in [5, 5.41) is 18.4. The highest BCUT2D eigenvalue weighted by Gasteiger charge is 2.30. The van der Waals surface area contributed by atoms with Crippen LogP contribution in [0.4, 0.5) is 17.6 Å². The van der Waals surface area contributed by atoms with E-state index in [1.54, 1.807) is 5.32 Å². The van der Waals surface area contributed by atoms with Gasteiger partial charge in [0, 0.05) is 0 Å². The van der Waals surface area contributed by atoms with Crippen molar-refractivity contribution in [1.29, 1.82) is 0 Å². The van der Waals surface area contributed by atoms with E-state index in [4.69, 9.17) is 10.0 Å². The minimum atomic E-state index is -2.22. The lowest BCUT2D eigenvalue weighted by Gasteiger charge is -2.12. The maximum absolute atomic E-state index is 13.5. The Kier molecular flexibility index (Phi) is 5.30. The topological polar surface area (TPSA) is 88.0 Å². The summed E-state index contributed by atoms with van der Waals surface area (Å²) in [5.74, 6) is -10.7. The third-order valence-corrected chi connectivity index (χ3v) is 2.12. The van der Waals surface area contributed by atoms with Crippen molar-refractivity contribution in [3.8, 4) is 5.75 Å². The third-order valence-electron chi connectivity index (χ3n) is 2.12. The normalized spacial score (nSPS) is 10.3. The van der Waals surface area contributed by atoms with Crippen LogP contribution in [0.15, 0.2) is 0 Å². The molecule has 6 nitrogen and oxygen atoms in total. The van der Waals surface area contributed by atoms with E-state index in [2.05, 4.69) is 9.39 Å². The highest BCUT2D eigenvalue weighted by Crippen LogP contribution is 2.30. The molecule has 110 valence electrons. The van der Waals surface area contributed by atoms with Crippen molar-refractivity contribution in [2.24, 2.45) is 0 Å². The molecule has 3 N–H and O–H groups in total. The smallest absolute Gasteiger partial charge is 0.493 e. The SMILES string of the molecule is COc1c(F)c(F)c(F)c(F)c1C(=O)NCOB(O)O. The Labute approximate surface area is 110 Å². The molecule has 1 aromatic carbocycles. The number of hydrogen-bond acceptors (Lipinski definition) is 5. The van der Waals surface area contributed by atoms with Gasteiger partial charge in [-0.1, -0.05) is 0 Å². The second-order valence-corrected chi connectivity index (χ2v) is 3.31. The minimum Gasteiger partial charge on any atom is -0.493 e. The van der Waals surface area contributed by atoms with Gasteiger partial charge in [-0.15, -0.1) is 0 Å². The van der Waals surface area contributed by atoms with Gasteiger partial charge in [0.2, 0.25) is 11.6 Å². The number of carbonyl (C=O) groups excluding carboxylic acids is 1. The average molecular weight is 297 g/mol. The van der Waals surface area contributed by atoms with E-state index in [0.717, 1.165) is 7.11 Å². The molecule has 20 heavy (non-hydrogen) atoms. The summed E-state index contributed by atoms with van der Waals surface area (Å²) < 4.78 is 61.2. The fraction of sp³-hybridized carbons (Fsp3) is 0.222. The zero-order chi connectivity index (χ0) is 15.4. The predicted molar refractivity (Wildman–Crippen MR) is 56.4 cm³/mol. The van der Waals surface area contributed by atoms with Crippen molar-refractivity contribution >= 4 is 13.2 Å². The molecule has 0 saturated heterocycles. The van der Waals surface area contributed by atoms with Crippen molar-refractivity contribution < 1.29 is 41.8 Å². The summed E-state index contributed by atoms with van der Waals surface area (Å²) in [6, 6.07) is 0. The van der Waals surface area contributed by atoms with Gasteiger partial charge in [0.15, 0.2) is 17.4 Å². The molecule has 0 aliphatic heterocycles. The molecule has 0 spiro atoms. The van der Waals surface area contributed by atoms with Gasteiger partial charge in [0.25, 0.3) is 5.91 Å². The van der Waals surface area contributed by atoms with Crippen molar-refractivity contribution in [3.63, 3.8) is 0 Å². The molecule has 0 atom stereocenters. The Balaban J connectivity index is 3.13. The molecular formula is C9H8BF4NO5. The Morgan fingerprint density at radius 1 is 1.15 bits per heavy atom. The largest absolute Gasteiger partial charge is 0.635 e. The Bertz CT molecular complexity index is 528. The number of rotatable bonds is 5. The van der Waals surface area contributed by atoms with E-state index in [0.29, 0.717) is 0 Å². The number of benzene rings is 1. The molecule has 0 saturated carbocycles. The first kappa shape index (κ1) is 16.2. The number of halogens is 4. The minimum absolute atomic E-state index is 0.806. The molecule has 1 rings (SSSR count). The first-order valence-corrected chi connectivity index (χ1v) is 4.97. The average Bonchev–Trinajstić information content (AvgIpc) is 2.39. The van der Waals surface area contributed by atoms with E-state index >= 15 is 0 Å². The first-order chi connectivity index (χ1) is 9.31. The maximum atomic E-state index is 13.5. The van der Waals surface area contributed by atoms with Gasteiger partial charge in [0.1, 0.15) is 12.3 Å². The predicted octanol–water partition coefficient (Wildman–Crippen LogP) is -0.0750. The number of hydrogen-bond donors (Lipinski definition) is 3. The zero-order valence-electron chi connectivity index (χ0n) is 9.92. The van der Waals surface area contributed by atoms with Crippen LogP contribution in [0.3, 0.4) is 0 Å². The highest BCUT2D eigenvalue weighted by molar-refractivity contribution is 6.32. The number of nitrogens with one attached hydrogen (secondary N) is 1. The highest BCUT2D eigenvalue weighted by atomic mass is 19.2.